The second-order valence-corrected chi connectivity index (χ2v) is 7.70. The summed E-state index contributed by atoms with van der Waals surface area (Å²) < 4.78 is 71.2. The average Bonchev–Trinajstić information content (AvgIpc) is 3.23. The molecule has 5 nitrogen and oxygen atoms in total. The van der Waals surface area contributed by atoms with Crippen LogP contribution in [-0.2, 0) is 9.84 Å². The van der Waals surface area contributed by atoms with Crippen LogP contribution in [0.2, 0.25) is 0 Å². The van der Waals surface area contributed by atoms with Crippen LogP contribution in [0.4, 0.5) is 13.2 Å². The van der Waals surface area contributed by atoms with Crippen LogP contribution < -0.4 is 0 Å². The zero-order valence-corrected chi connectivity index (χ0v) is 13.5. The molecule has 1 heterocycles. The van der Waals surface area contributed by atoms with Gasteiger partial charge in [0.2, 0.25) is 5.78 Å². The highest BCUT2D eigenvalue weighted by molar-refractivity contribution is 7.90. The fraction of sp³-hybridized carbons (Fsp3) is 0.333. The summed E-state index contributed by atoms with van der Waals surface area (Å²) in [7, 11) is -4.33. The lowest BCUT2D eigenvalue weighted by molar-refractivity contribution is 0.102. The third kappa shape index (κ3) is 2.52. The van der Waals surface area contributed by atoms with Gasteiger partial charge in [-0.15, -0.1) is 0 Å². The van der Waals surface area contributed by atoms with Gasteiger partial charge in [-0.25, -0.2) is 21.6 Å². The number of sulfone groups is 1. The van der Waals surface area contributed by atoms with Crippen LogP contribution in [0.1, 0.15) is 46.0 Å². The van der Waals surface area contributed by atoms with Gasteiger partial charge in [-0.1, -0.05) is 5.16 Å². The van der Waals surface area contributed by atoms with E-state index in [1.807, 2.05) is 0 Å². The Morgan fingerprint density at radius 2 is 1.83 bits per heavy atom. The maximum Gasteiger partial charge on any atom is 0.202 e. The van der Waals surface area contributed by atoms with Crippen LogP contribution in [0.5, 0.6) is 0 Å². The van der Waals surface area contributed by atoms with Gasteiger partial charge >= 0.3 is 0 Å². The minimum Gasteiger partial charge on any atom is -0.360 e. The molecule has 0 aliphatic heterocycles. The zero-order chi connectivity index (χ0) is 17.8. The minimum absolute atomic E-state index is 0.0867. The minimum atomic E-state index is -4.33. The van der Waals surface area contributed by atoms with Crippen molar-refractivity contribution in [3.8, 4) is 0 Å². The number of rotatable bonds is 4. The summed E-state index contributed by atoms with van der Waals surface area (Å²) in [6, 6.07) is 0. The Morgan fingerprint density at radius 1 is 1.21 bits per heavy atom. The Morgan fingerprint density at radius 3 is 2.38 bits per heavy atom. The number of benzene rings is 1. The lowest BCUT2D eigenvalue weighted by Gasteiger charge is -2.12. The molecule has 1 fully saturated rings. The second-order valence-electron chi connectivity index (χ2n) is 5.75. The summed E-state index contributed by atoms with van der Waals surface area (Å²) in [5.74, 6) is -5.88. The molecule has 0 radical (unpaired) electrons. The Bertz CT molecular complexity index is 962. The number of ketones is 1. The molecule has 0 bridgehead atoms. The summed E-state index contributed by atoms with van der Waals surface area (Å²) >= 11 is 0. The van der Waals surface area contributed by atoms with E-state index in [9.17, 15) is 26.4 Å². The monoisotopic (exact) mass is 359 g/mol. The molecule has 1 aromatic heterocycles. The van der Waals surface area contributed by atoms with Gasteiger partial charge in [0, 0.05) is 17.7 Å². The standard InChI is InChI=1S/C15H12F3NO4S/c1-6-10(16)12(18)9(15(11(6)17)24(2,21)22)13(20)8-5-19-23-14(8)7-3-4-7/h5,7H,3-4H2,1-2H3. The van der Waals surface area contributed by atoms with Crippen LogP contribution in [-0.4, -0.2) is 25.6 Å². The van der Waals surface area contributed by atoms with E-state index in [0.29, 0.717) is 6.26 Å². The van der Waals surface area contributed by atoms with Crippen molar-refractivity contribution in [1.29, 1.82) is 0 Å². The molecular formula is C15H12F3NO4S. The van der Waals surface area contributed by atoms with Crippen molar-refractivity contribution in [3.05, 3.63) is 46.1 Å². The maximum absolute atomic E-state index is 14.3. The van der Waals surface area contributed by atoms with Gasteiger partial charge in [0.05, 0.1) is 17.3 Å². The first kappa shape index (κ1) is 16.7. The smallest absolute Gasteiger partial charge is 0.202 e. The number of hydrogen-bond donors (Lipinski definition) is 0. The number of nitrogens with zero attached hydrogens (tertiary/aromatic N) is 1. The summed E-state index contributed by atoms with van der Waals surface area (Å²) in [6.07, 6.45) is 3.08. The van der Waals surface area contributed by atoms with Crippen molar-refractivity contribution < 1.29 is 30.9 Å². The molecule has 0 atom stereocenters. The second kappa shape index (κ2) is 5.44. The quantitative estimate of drug-likeness (QED) is 0.477. The van der Waals surface area contributed by atoms with Crippen LogP contribution in [0, 0.1) is 24.4 Å². The molecule has 3 rings (SSSR count). The normalized spacial score (nSPS) is 14.9. The Labute approximate surface area is 135 Å². The van der Waals surface area contributed by atoms with Crippen molar-refractivity contribution in [3.63, 3.8) is 0 Å². The fourth-order valence-corrected chi connectivity index (χ4v) is 3.53. The topological polar surface area (TPSA) is 77.2 Å². The first-order valence-corrected chi connectivity index (χ1v) is 8.90. The van der Waals surface area contributed by atoms with E-state index in [1.165, 1.54) is 0 Å². The first-order chi connectivity index (χ1) is 11.1. The highest BCUT2D eigenvalue weighted by atomic mass is 32.2. The molecule has 24 heavy (non-hydrogen) atoms. The van der Waals surface area contributed by atoms with Crippen molar-refractivity contribution in [2.24, 2.45) is 0 Å². The zero-order valence-electron chi connectivity index (χ0n) is 12.7. The van der Waals surface area contributed by atoms with Crippen molar-refractivity contribution in [1.82, 2.24) is 5.16 Å². The van der Waals surface area contributed by atoms with E-state index in [-0.39, 0.29) is 17.2 Å². The van der Waals surface area contributed by atoms with Gasteiger partial charge in [-0.05, 0) is 19.8 Å². The van der Waals surface area contributed by atoms with E-state index in [2.05, 4.69) is 5.16 Å². The summed E-state index contributed by atoms with van der Waals surface area (Å²) in [5.41, 5.74) is -2.16. The highest BCUT2D eigenvalue weighted by Crippen LogP contribution is 2.42. The summed E-state index contributed by atoms with van der Waals surface area (Å²) in [6.45, 7) is 0.895. The molecule has 0 saturated heterocycles. The van der Waals surface area contributed by atoms with Gasteiger partial charge in [0.25, 0.3) is 0 Å². The van der Waals surface area contributed by atoms with Gasteiger partial charge in [-0.2, -0.15) is 0 Å². The summed E-state index contributed by atoms with van der Waals surface area (Å²) in [4.78, 5) is 11.5. The van der Waals surface area contributed by atoms with Crippen LogP contribution >= 0.6 is 0 Å². The molecule has 0 unspecified atom stereocenters. The van der Waals surface area contributed by atoms with Crippen LogP contribution in [0.3, 0.4) is 0 Å². The molecule has 0 N–H and O–H groups in total. The molecule has 1 aliphatic carbocycles. The number of carbonyl (C=O) groups excluding carboxylic acids is 1. The number of halogens is 3. The predicted octanol–water partition coefficient (Wildman–Crippen LogP) is 2.91. The Balaban J connectivity index is 2.31. The predicted molar refractivity (Wildman–Crippen MR) is 76.1 cm³/mol. The molecule has 0 amide bonds. The van der Waals surface area contributed by atoms with E-state index in [4.69, 9.17) is 4.52 Å². The van der Waals surface area contributed by atoms with Crippen LogP contribution in [0.25, 0.3) is 0 Å². The van der Waals surface area contributed by atoms with E-state index in [0.717, 1.165) is 26.0 Å². The highest BCUT2D eigenvalue weighted by Gasteiger charge is 2.37. The SMILES string of the molecule is Cc1c(F)c(F)c(C(=O)c2cnoc2C2CC2)c(S(C)(=O)=O)c1F. The van der Waals surface area contributed by atoms with Crippen molar-refractivity contribution >= 4 is 15.6 Å². The fourth-order valence-electron chi connectivity index (χ4n) is 2.50. The average molecular weight is 359 g/mol. The molecule has 2 aromatic rings. The van der Waals surface area contributed by atoms with E-state index in [1.54, 1.807) is 0 Å². The van der Waals surface area contributed by atoms with Gasteiger partial charge < -0.3 is 4.52 Å². The van der Waals surface area contributed by atoms with Crippen molar-refractivity contribution in [2.45, 2.75) is 30.6 Å². The molecular weight excluding hydrogens is 347 g/mol. The largest absolute Gasteiger partial charge is 0.360 e. The third-order valence-corrected chi connectivity index (χ3v) is 5.01. The van der Waals surface area contributed by atoms with E-state index >= 15 is 0 Å². The molecule has 1 saturated carbocycles. The Kier molecular flexibility index (Phi) is 3.78. The molecule has 9 heteroatoms. The molecule has 1 aliphatic rings. The number of hydrogen-bond acceptors (Lipinski definition) is 5. The maximum atomic E-state index is 14.3. The number of carbonyl (C=O) groups is 1. The lowest BCUT2D eigenvalue weighted by atomic mass is 10.00. The summed E-state index contributed by atoms with van der Waals surface area (Å²) in [5, 5.41) is 3.46. The third-order valence-electron chi connectivity index (χ3n) is 3.89. The van der Waals surface area contributed by atoms with Crippen LogP contribution in [0.15, 0.2) is 15.6 Å². The van der Waals surface area contributed by atoms with Crippen molar-refractivity contribution in [2.75, 3.05) is 6.26 Å². The van der Waals surface area contributed by atoms with E-state index < -0.39 is 49.1 Å². The lowest BCUT2D eigenvalue weighted by Crippen LogP contribution is -2.17. The molecule has 0 spiro atoms. The number of aromatic nitrogens is 1. The Hall–Kier alpha value is -2.16. The first-order valence-electron chi connectivity index (χ1n) is 7.01. The van der Waals surface area contributed by atoms with Gasteiger partial charge in [0.15, 0.2) is 27.2 Å². The molecule has 128 valence electrons. The van der Waals surface area contributed by atoms with Gasteiger partial charge in [0.1, 0.15) is 10.7 Å². The molecule has 1 aromatic carbocycles. The van der Waals surface area contributed by atoms with Gasteiger partial charge in [-0.3, -0.25) is 4.79 Å².